The number of hydrogen-bond acceptors (Lipinski definition) is 5. The summed E-state index contributed by atoms with van der Waals surface area (Å²) in [5.41, 5.74) is 0.933. The number of nitrogens with zero attached hydrogens (tertiary/aromatic N) is 3. The van der Waals surface area contributed by atoms with Crippen LogP contribution in [0.25, 0.3) is 21.6 Å². The summed E-state index contributed by atoms with van der Waals surface area (Å²) in [6.45, 7) is 3.46. The van der Waals surface area contributed by atoms with Gasteiger partial charge in [0.1, 0.15) is 5.82 Å². The fourth-order valence-electron chi connectivity index (χ4n) is 3.22. The van der Waals surface area contributed by atoms with E-state index in [1.165, 1.54) is 0 Å². The van der Waals surface area contributed by atoms with E-state index < -0.39 is 0 Å². The number of amides is 1. The van der Waals surface area contributed by atoms with Crippen molar-refractivity contribution in [2.24, 2.45) is 0 Å². The number of aromatic nitrogens is 2. The van der Waals surface area contributed by atoms with Gasteiger partial charge in [-0.25, -0.2) is 9.97 Å². The molecule has 0 saturated carbocycles. The number of anilines is 1. The molecule has 0 aliphatic carbocycles. The van der Waals surface area contributed by atoms with Crippen molar-refractivity contribution in [3.8, 4) is 10.7 Å². The van der Waals surface area contributed by atoms with Crippen LogP contribution in [0.4, 0.5) is 5.82 Å². The number of nitrogens with one attached hydrogen (secondary N) is 1. The first-order valence-corrected chi connectivity index (χ1v) is 9.47. The molecule has 128 valence electrons. The maximum atomic E-state index is 11.9. The van der Waals surface area contributed by atoms with Gasteiger partial charge in [-0.05, 0) is 30.0 Å². The van der Waals surface area contributed by atoms with Crippen molar-refractivity contribution in [2.75, 3.05) is 18.4 Å². The quantitative estimate of drug-likeness (QED) is 0.776. The minimum absolute atomic E-state index is 0.219. The van der Waals surface area contributed by atoms with Crippen LogP contribution in [-0.2, 0) is 4.79 Å². The Morgan fingerprint density at radius 3 is 2.96 bits per heavy atom. The Bertz CT molecular complexity index is 894. The number of fused-ring (bicyclic) bond motifs is 1. The van der Waals surface area contributed by atoms with Gasteiger partial charge in [-0.1, -0.05) is 25.1 Å². The molecule has 2 aromatic heterocycles. The Morgan fingerprint density at radius 1 is 1.28 bits per heavy atom. The van der Waals surface area contributed by atoms with Gasteiger partial charge in [0.2, 0.25) is 5.91 Å². The second-order valence-electron chi connectivity index (χ2n) is 6.21. The van der Waals surface area contributed by atoms with Gasteiger partial charge < -0.3 is 10.2 Å². The van der Waals surface area contributed by atoms with Gasteiger partial charge in [0.15, 0.2) is 5.82 Å². The minimum atomic E-state index is 0.219. The van der Waals surface area contributed by atoms with E-state index in [1.807, 2.05) is 53.6 Å². The predicted octanol–water partition coefficient (Wildman–Crippen LogP) is 3.78. The van der Waals surface area contributed by atoms with Gasteiger partial charge >= 0.3 is 0 Å². The maximum absolute atomic E-state index is 11.9. The molecule has 1 aliphatic heterocycles. The lowest BCUT2D eigenvalue weighted by Gasteiger charge is -2.17. The van der Waals surface area contributed by atoms with E-state index in [1.54, 1.807) is 11.3 Å². The summed E-state index contributed by atoms with van der Waals surface area (Å²) in [6.07, 6.45) is 1.50. The number of carbonyl (C=O) groups is 1. The molecule has 0 bridgehead atoms. The van der Waals surface area contributed by atoms with E-state index in [0.717, 1.165) is 46.9 Å². The highest BCUT2D eigenvalue weighted by molar-refractivity contribution is 7.13. The fourth-order valence-corrected chi connectivity index (χ4v) is 3.88. The van der Waals surface area contributed by atoms with Crippen LogP contribution in [0.1, 0.15) is 19.8 Å². The Balaban J connectivity index is 1.66. The zero-order chi connectivity index (χ0) is 17.2. The summed E-state index contributed by atoms with van der Waals surface area (Å²) in [7, 11) is 0. The number of para-hydroxylation sites is 1. The van der Waals surface area contributed by atoms with Gasteiger partial charge in [0, 0.05) is 30.9 Å². The normalized spacial score (nSPS) is 17.2. The molecular formula is C19H20N4OS. The number of thiophene rings is 1. The Hall–Kier alpha value is -2.47. The van der Waals surface area contributed by atoms with Crippen LogP contribution in [0.3, 0.4) is 0 Å². The van der Waals surface area contributed by atoms with Crippen molar-refractivity contribution >= 4 is 34.0 Å². The van der Waals surface area contributed by atoms with Crippen molar-refractivity contribution in [3.63, 3.8) is 0 Å². The van der Waals surface area contributed by atoms with Gasteiger partial charge in [-0.15, -0.1) is 11.3 Å². The number of carbonyl (C=O) groups excluding carboxylic acids is 1. The highest BCUT2D eigenvalue weighted by atomic mass is 32.1. The minimum Gasteiger partial charge on any atom is -0.365 e. The van der Waals surface area contributed by atoms with E-state index in [9.17, 15) is 4.79 Å². The number of hydrogen-bond donors (Lipinski definition) is 1. The monoisotopic (exact) mass is 352 g/mol. The molecule has 0 spiro atoms. The van der Waals surface area contributed by atoms with E-state index in [-0.39, 0.29) is 11.9 Å². The summed E-state index contributed by atoms with van der Waals surface area (Å²) in [4.78, 5) is 24.4. The SMILES string of the molecule is CCC(=O)N1CCC(Nc2nc(-c3cccs3)nc3ccccc23)C1. The first kappa shape index (κ1) is 16.0. The van der Waals surface area contributed by atoms with Crippen LogP contribution < -0.4 is 5.32 Å². The molecule has 1 saturated heterocycles. The first-order chi connectivity index (χ1) is 12.2. The summed E-state index contributed by atoms with van der Waals surface area (Å²) >= 11 is 1.64. The fraction of sp³-hybridized carbons (Fsp3) is 0.316. The third-order valence-corrected chi connectivity index (χ3v) is 5.39. The van der Waals surface area contributed by atoms with Crippen LogP contribution in [0.2, 0.25) is 0 Å². The second kappa shape index (κ2) is 6.80. The van der Waals surface area contributed by atoms with Crippen molar-refractivity contribution in [2.45, 2.75) is 25.8 Å². The summed E-state index contributed by atoms with van der Waals surface area (Å²) in [5.74, 6) is 1.82. The molecule has 25 heavy (non-hydrogen) atoms. The average molecular weight is 352 g/mol. The van der Waals surface area contributed by atoms with E-state index in [0.29, 0.717) is 6.42 Å². The van der Waals surface area contributed by atoms with E-state index in [4.69, 9.17) is 9.97 Å². The Morgan fingerprint density at radius 2 is 2.16 bits per heavy atom. The lowest BCUT2D eigenvalue weighted by atomic mass is 10.2. The zero-order valence-corrected chi connectivity index (χ0v) is 14.9. The van der Waals surface area contributed by atoms with Crippen LogP contribution in [-0.4, -0.2) is 39.9 Å². The standard InChI is InChI=1S/C19H20N4OS/c1-2-17(24)23-10-9-13(12-23)20-18-14-6-3-4-7-15(14)21-19(22-18)16-8-5-11-25-16/h3-8,11,13H,2,9-10,12H2,1H3,(H,20,21,22). The molecule has 1 aromatic carbocycles. The molecule has 3 aromatic rings. The van der Waals surface area contributed by atoms with Crippen molar-refractivity contribution in [1.29, 1.82) is 0 Å². The smallest absolute Gasteiger partial charge is 0.222 e. The third kappa shape index (κ3) is 3.22. The number of benzene rings is 1. The Kier molecular flexibility index (Phi) is 4.36. The number of rotatable bonds is 4. The van der Waals surface area contributed by atoms with E-state index >= 15 is 0 Å². The summed E-state index contributed by atoms with van der Waals surface area (Å²) < 4.78 is 0. The Labute approximate surface area is 150 Å². The van der Waals surface area contributed by atoms with Crippen LogP contribution in [0, 0.1) is 0 Å². The molecule has 4 rings (SSSR count). The third-order valence-electron chi connectivity index (χ3n) is 4.53. The zero-order valence-electron chi connectivity index (χ0n) is 14.1. The number of likely N-dealkylation sites (tertiary alicyclic amines) is 1. The molecule has 5 nitrogen and oxygen atoms in total. The lowest BCUT2D eigenvalue weighted by molar-refractivity contribution is -0.129. The van der Waals surface area contributed by atoms with Gasteiger partial charge in [0.05, 0.1) is 10.4 Å². The van der Waals surface area contributed by atoms with Gasteiger partial charge in [0.25, 0.3) is 0 Å². The van der Waals surface area contributed by atoms with Crippen LogP contribution >= 0.6 is 11.3 Å². The molecule has 1 aliphatic rings. The van der Waals surface area contributed by atoms with Crippen molar-refractivity contribution in [1.82, 2.24) is 14.9 Å². The van der Waals surface area contributed by atoms with E-state index in [2.05, 4.69) is 5.32 Å². The topological polar surface area (TPSA) is 58.1 Å². The largest absolute Gasteiger partial charge is 0.365 e. The van der Waals surface area contributed by atoms with Crippen molar-refractivity contribution in [3.05, 3.63) is 41.8 Å². The molecular weight excluding hydrogens is 332 g/mol. The molecule has 1 unspecified atom stereocenters. The molecule has 6 heteroatoms. The predicted molar refractivity (Wildman–Crippen MR) is 102 cm³/mol. The highest BCUT2D eigenvalue weighted by Gasteiger charge is 2.26. The lowest BCUT2D eigenvalue weighted by Crippen LogP contribution is -2.31. The molecule has 3 heterocycles. The molecule has 1 atom stereocenters. The molecule has 0 radical (unpaired) electrons. The average Bonchev–Trinajstić information content (AvgIpc) is 3.33. The maximum Gasteiger partial charge on any atom is 0.222 e. The van der Waals surface area contributed by atoms with Gasteiger partial charge in [-0.2, -0.15) is 0 Å². The van der Waals surface area contributed by atoms with Crippen LogP contribution in [0.5, 0.6) is 0 Å². The van der Waals surface area contributed by atoms with Crippen molar-refractivity contribution < 1.29 is 4.79 Å². The summed E-state index contributed by atoms with van der Waals surface area (Å²) in [6, 6.07) is 12.3. The summed E-state index contributed by atoms with van der Waals surface area (Å²) in [5, 5.41) is 6.61. The second-order valence-corrected chi connectivity index (χ2v) is 7.16. The highest BCUT2D eigenvalue weighted by Crippen LogP contribution is 2.28. The van der Waals surface area contributed by atoms with Gasteiger partial charge in [-0.3, -0.25) is 4.79 Å². The molecule has 1 amide bonds. The molecule has 1 fully saturated rings. The van der Waals surface area contributed by atoms with Crippen LogP contribution in [0.15, 0.2) is 41.8 Å². The molecule has 1 N–H and O–H groups in total. The first-order valence-electron chi connectivity index (χ1n) is 8.59.